The van der Waals surface area contributed by atoms with Gasteiger partial charge in [-0.1, -0.05) is 35.0 Å². The molecule has 2 aromatic rings. The molecule has 20 heavy (non-hydrogen) atoms. The third-order valence-electron chi connectivity index (χ3n) is 3.12. The van der Waals surface area contributed by atoms with Crippen molar-refractivity contribution >= 4 is 21.7 Å². The molecule has 0 atom stereocenters. The van der Waals surface area contributed by atoms with Gasteiger partial charge in [-0.2, -0.15) is 0 Å². The fourth-order valence-corrected chi connectivity index (χ4v) is 2.27. The van der Waals surface area contributed by atoms with Crippen LogP contribution in [-0.2, 0) is 0 Å². The molecule has 2 nitrogen and oxygen atoms in total. The van der Waals surface area contributed by atoms with Gasteiger partial charge in [0.05, 0.1) is 0 Å². The van der Waals surface area contributed by atoms with Gasteiger partial charge < -0.3 is 4.74 Å². The SMILES string of the molecule is CCC(=O)c1cccc(Oc2cc(C)c(Br)c(C)c2)c1. The van der Waals surface area contributed by atoms with Gasteiger partial charge >= 0.3 is 0 Å². The highest BCUT2D eigenvalue weighted by molar-refractivity contribution is 9.10. The van der Waals surface area contributed by atoms with Crippen molar-refractivity contribution in [1.29, 1.82) is 0 Å². The van der Waals surface area contributed by atoms with E-state index in [-0.39, 0.29) is 5.78 Å². The highest BCUT2D eigenvalue weighted by Crippen LogP contribution is 2.29. The normalized spacial score (nSPS) is 10.4. The number of halogens is 1. The van der Waals surface area contributed by atoms with Gasteiger partial charge in [0.2, 0.25) is 0 Å². The molecule has 3 heteroatoms. The molecule has 0 saturated carbocycles. The van der Waals surface area contributed by atoms with E-state index in [1.165, 1.54) is 0 Å². The number of aryl methyl sites for hydroxylation is 2. The largest absolute Gasteiger partial charge is 0.457 e. The van der Waals surface area contributed by atoms with Crippen LogP contribution in [0.5, 0.6) is 11.5 Å². The Morgan fingerprint density at radius 3 is 2.35 bits per heavy atom. The van der Waals surface area contributed by atoms with E-state index in [1.807, 2.05) is 51.1 Å². The molecule has 2 aromatic carbocycles. The van der Waals surface area contributed by atoms with Crippen LogP contribution in [-0.4, -0.2) is 5.78 Å². The first-order valence-electron chi connectivity index (χ1n) is 6.59. The number of rotatable bonds is 4. The first-order chi connectivity index (χ1) is 9.51. The Balaban J connectivity index is 2.28. The van der Waals surface area contributed by atoms with Crippen molar-refractivity contribution < 1.29 is 9.53 Å². The molecule has 0 N–H and O–H groups in total. The number of carbonyl (C=O) groups excluding carboxylic acids is 1. The third kappa shape index (κ3) is 3.28. The maximum absolute atomic E-state index is 11.7. The van der Waals surface area contributed by atoms with Gasteiger partial charge in [0, 0.05) is 16.5 Å². The molecule has 0 fully saturated rings. The van der Waals surface area contributed by atoms with Gasteiger partial charge in [-0.25, -0.2) is 0 Å². The predicted octanol–water partition coefficient (Wildman–Crippen LogP) is 5.45. The lowest BCUT2D eigenvalue weighted by atomic mass is 10.1. The molecule has 0 heterocycles. The number of hydrogen-bond acceptors (Lipinski definition) is 2. The molecule has 0 spiro atoms. The lowest BCUT2D eigenvalue weighted by Crippen LogP contribution is -1.96. The second kappa shape index (κ2) is 6.23. The summed E-state index contributed by atoms with van der Waals surface area (Å²) < 4.78 is 6.95. The van der Waals surface area contributed by atoms with E-state index in [0.717, 1.165) is 21.3 Å². The molecule has 0 aliphatic heterocycles. The van der Waals surface area contributed by atoms with Crippen LogP contribution in [0.3, 0.4) is 0 Å². The zero-order chi connectivity index (χ0) is 14.7. The van der Waals surface area contributed by atoms with E-state index in [9.17, 15) is 4.79 Å². The highest BCUT2D eigenvalue weighted by atomic mass is 79.9. The molecule has 0 aliphatic rings. The quantitative estimate of drug-likeness (QED) is 0.695. The van der Waals surface area contributed by atoms with Gasteiger partial charge in [0.1, 0.15) is 11.5 Å². The number of ketones is 1. The number of Topliss-reactive ketones (excluding diaryl/α,β-unsaturated/α-hetero) is 1. The van der Waals surface area contributed by atoms with Crippen molar-refractivity contribution in [3.63, 3.8) is 0 Å². The zero-order valence-corrected chi connectivity index (χ0v) is 13.5. The third-order valence-corrected chi connectivity index (χ3v) is 4.37. The molecule has 0 aliphatic carbocycles. The molecule has 104 valence electrons. The van der Waals surface area contributed by atoms with Crippen molar-refractivity contribution in [2.24, 2.45) is 0 Å². The number of hydrogen-bond donors (Lipinski definition) is 0. The number of carbonyl (C=O) groups is 1. The lowest BCUT2D eigenvalue weighted by Gasteiger charge is -2.10. The monoisotopic (exact) mass is 332 g/mol. The topological polar surface area (TPSA) is 26.3 Å². The standard InChI is InChI=1S/C17H17BrO2/c1-4-16(19)13-6-5-7-14(10-13)20-15-8-11(2)17(18)12(3)9-15/h5-10H,4H2,1-3H3. The minimum absolute atomic E-state index is 0.124. The summed E-state index contributed by atoms with van der Waals surface area (Å²) in [5, 5.41) is 0. The molecule has 0 unspecified atom stereocenters. The van der Waals surface area contributed by atoms with Crippen molar-refractivity contribution in [2.75, 3.05) is 0 Å². The van der Waals surface area contributed by atoms with Gasteiger partial charge in [-0.15, -0.1) is 0 Å². The van der Waals surface area contributed by atoms with Gasteiger partial charge in [-0.3, -0.25) is 4.79 Å². The summed E-state index contributed by atoms with van der Waals surface area (Å²) >= 11 is 3.54. The van der Waals surface area contributed by atoms with Crippen LogP contribution in [0.15, 0.2) is 40.9 Å². The molecule has 0 bridgehead atoms. The number of ether oxygens (including phenoxy) is 1. The molecule has 0 amide bonds. The zero-order valence-electron chi connectivity index (χ0n) is 11.9. The summed E-state index contributed by atoms with van der Waals surface area (Å²) in [6, 6.07) is 11.3. The van der Waals surface area contributed by atoms with Gasteiger partial charge in [0.25, 0.3) is 0 Å². The predicted molar refractivity (Wildman–Crippen MR) is 84.8 cm³/mol. The Morgan fingerprint density at radius 1 is 1.10 bits per heavy atom. The van der Waals surface area contributed by atoms with Crippen LogP contribution in [0.1, 0.15) is 34.8 Å². The minimum atomic E-state index is 0.124. The van der Waals surface area contributed by atoms with Crippen molar-refractivity contribution in [3.8, 4) is 11.5 Å². The molecular formula is C17H17BrO2. The average molecular weight is 333 g/mol. The van der Waals surface area contributed by atoms with Crippen molar-refractivity contribution in [1.82, 2.24) is 0 Å². The Bertz CT molecular complexity index is 624. The molecule has 0 radical (unpaired) electrons. The summed E-state index contributed by atoms with van der Waals surface area (Å²) in [6.07, 6.45) is 0.500. The minimum Gasteiger partial charge on any atom is -0.457 e. The van der Waals surface area contributed by atoms with Crippen LogP contribution in [0.4, 0.5) is 0 Å². The maximum atomic E-state index is 11.7. The second-order valence-electron chi connectivity index (χ2n) is 4.78. The van der Waals surface area contributed by atoms with E-state index in [4.69, 9.17) is 4.74 Å². The Morgan fingerprint density at radius 2 is 1.75 bits per heavy atom. The summed E-state index contributed by atoms with van der Waals surface area (Å²) in [4.78, 5) is 11.7. The summed E-state index contributed by atoms with van der Waals surface area (Å²) in [6.45, 7) is 5.92. The van der Waals surface area contributed by atoms with Crippen LogP contribution >= 0.6 is 15.9 Å². The smallest absolute Gasteiger partial charge is 0.162 e. The Labute approximate surface area is 127 Å². The van der Waals surface area contributed by atoms with E-state index >= 15 is 0 Å². The molecule has 2 rings (SSSR count). The maximum Gasteiger partial charge on any atom is 0.162 e. The van der Waals surface area contributed by atoms with Crippen LogP contribution in [0.25, 0.3) is 0 Å². The van der Waals surface area contributed by atoms with E-state index in [0.29, 0.717) is 17.7 Å². The van der Waals surface area contributed by atoms with Crippen LogP contribution < -0.4 is 4.74 Å². The first kappa shape index (κ1) is 14.8. The second-order valence-corrected chi connectivity index (χ2v) is 5.57. The molecule has 0 saturated heterocycles. The Hall–Kier alpha value is -1.61. The van der Waals surface area contributed by atoms with E-state index in [2.05, 4.69) is 15.9 Å². The fraction of sp³-hybridized carbons (Fsp3) is 0.235. The summed E-state index contributed by atoms with van der Waals surface area (Å²) in [5.41, 5.74) is 2.94. The van der Waals surface area contributed by atoms with Crippen molar-refractivity contribution in [3.05, 3.63) is 57.6 Å². The van der Waals surface area contributed by atoms with Crippen molar-refractivity contribution in [2.45, 2.75) is 27.2 Å². The molecular weight excluding hydrogens is 316 g/mol. The van der Waals surface area contributed by atoms with Crippen LogP contribution in [0, 0.1) is 13.8 Å². The number of benzene rings is 2. The molecule has 0 aromatic heterocycles. The highest BCUT2D eigenvalue weighted by Gasteiger charge is 2.07. The lowest BCUT2D eigenvalue weighted by molar-refractivity contribution is 0.0988. The Kier molecular flexibility index (Phi) is 4.61. The van der Waals surface area contributed by atoms with E-state index < -0.39 is 0 Å². The fourth-order valence-electron chi connectivity index (χ4n) is 2.04. The van der Waals surface area contributed by atoms with Gasteiger partial charge in [-0.05, 0) is 49.2 Å². The van der Waals surface area contributed by atoms with Gasteiger partial charge in [0.15, 0.2) is 5.78 Å². The summed E-state index contributed by atoms with van der Waals surface area (Å²) in [7, 11) is 0. The average Bonchev–Trinajstić information content (AvgIpc) is 2.44. The first-order valence-corrected chi connectivity index (χ1v) is 7.38. The van der Waals surface area contributed by atoms with Crippen LogP contribution in [0.2, 0.25) is 0 Å². The van der Waals surface area contributed by atoms with E-state index in [1.54, 1.807) is 6.07 Å². The summed E-state index contributed by atoms with van der Waals surface area (Å²) in [5.74, 6) is 1.59.